The normalized spacial score (nSPS) is 20.7. The molecule has 1 saturated heterocycles. The molecule has 148 valence electrons. The standard InChI is InChI=1S/C20H19FN4O3P/c1-13-3-8-18-20(27)25-10-9-24(19(26)17-11-28-22-14(17)2)29(25,12-23(13)18)16-6-4-15(21)5-7-16/h3-8,11H,9-10,12H2,1-2H3/q+1. The first kappa shape index (κ1) is 18.1. The van der Waals surface area contributed by atoms with Gasteiger partial charge in [0.05, 0.1) is 18.8 Å². The van der Waals surface area contributed by atoms with Crippen LogP contribution in [0, 0.1) is 19.7 Å². The molecule has 2 amide bonds. The molecule has 2 aliphatic heterocycles. The highest BCUT2D eigenvalue weighted by molar-refractivity contribution is 7.79. The zero-order valence-corrected chi connectivity index (χ0v) is 16.9. The van der Waals surface area contributed by atoms with Gasteiger partial charge < -0.3 is 9.09 Å². The summed E-state index contributed by atoms with van der Waals surface area (Å²) in [5, 5.41) is 4.63. The van der Waals surface area contributed by atoms with E-state index < -0.39 is 7.56 Å². The lowest BCUT2D eigenvalue weighted by Gasteiger charge is -2.38. The van der Waals surface area contributed by atoms with Crippen LogP contribution in [0.3, 0.4) is 0 Å². The molecule has 29 heavy (non-hydrogen) atoms. The quantitative estimate of drug-likeness (QED) is 0.606. The molecular weight excluding hydrogens is 394 g/mol. The van der Waals surface area contributed by atoms with Gasteiger partial charge in [0, 0.05) is 5.69 Å². The van der Waals surface area contributed by atoms with Crippen LogP contribution in [0.5, 0.6) is 0 Å². The Hall–Kier alpha value is -2.99. The fourth-order valence-electron chi connectivity index (χ4n) is 4.26. The number of carbonyl (C=O) groups is 2. The molecule has 0 saturated carbocycles. The van der Waals surface area contributed by atoms with Gasteiger partial charge in [0.1, 0.15) is 28.6 Å². The maximum absolute atomic E-state index is 13.7. The molecule has 7 nitrogen and oxygen atoms in total. The molecule has 0 aliphatic carbocycles. The second-order valence-corrected chi connectivity index (χ2v) is 10.5. The molecule has 5 rings (SSSR count). The first-order valence-corrected chi connectivity index (χ1v) is 11.2. The number of fused-ring (bicyclic) bond motifs is 2. The molecule has 1 aromatic carbocycles. The Labute approximate surface area is 167 Å². The van der Waals surface area contributed by atoms with Crippen molar-refractivity contribution in [1.82, 2.24) is 19.1 Å². The number of benzene rings is 1. The Balaban J connectivity index is 1.72. The predicted octanol–water partition coefficient (Wildman–Crippen LogP) is 2.97. The first-order chi connectivity index (χ1) is 13.9. The second-order valence-electron chi connectivity index (χ2n) is 7.31. The van der Waals surface area contributed by atoms with Crippen LogP contribution >= 0.6 is 7.56 Å². The molecule has 0 N–H and O–H groups in total. The summed E-state index contributed by atoms with van der Waals surface area (Å²) in [5.74, 6) is -0.670. The number of halogens is 1. The van der Waals surface area contributed by atoms with Crippen LogP contribution in [0.2, 0.25) is 0 Å². The maximum Gasteiger partial charge on any atom is 0.304 e. The zero-order chi connectivity index (χ0) is 20.3. The number of rotatable bonds is 2. The average molecular weight is 413 g/mol. The molecule has 2 aliphatic rings. The van der Waals surface area contributed by atoms with Gasteiger partial charge in [0.15, 0.2) is 6.29 Å². The number of aryl methyl sites for hydroxylation is 2. The van der Waals surface area contributed by atoms with Crippen molar-refractivity contribution >= 4 is 24.7 Å². The minimum atomic E-state index is -2.64. The number of amides is 2. The van der Waals surface area contributed by atoms with E-state index in [0.717, 1.165) is 11.0 Å². The van der Waals surface area contributed by atoms with Crippen molar-refractivity contribution in [3.63, 3.8) is 0 Å². The van der Waals surface area contributed by atoms with Crippen molar-refractivity contribution in [3.05, 3.63) is 71.1 Å². The van der Waals surface area contributed by atoms with E-state index in [0.29, 0.717) is 36.3 Å². The fourth-order valence-corrected chi connectivity index (χ4v) is 8.59. The van der Waals surface area contributed by atoms with Gasteiger partial charge in [-0.3, -0.25) is 9.59 Å². The van der Waals surface area contributed by atoms with E-state index in [2.05, 4.69) is 5.16 Å². The van der Waals surface area contributed by atoms with Gasteiger partial charge in [-0.05, 0) is 50.2 Å². The Morgan fingerprint density at radius 1 is 1.14 bits per heavy atom. The van der Waals surface area contributed by atoms with Gasteiger partial charge in [0.25, 0.3) is 13.5 Å². The molecule has 0 bridgehead atoms. The molecule has 9 heteroatoms. The average Bonchev–Trinajstić information content (AvgIpc) is 3.40. The van der Waals surface area contributed by atoms with E-state index in [-0.39, 0.29) is 17.6 Å². The summed E-state index contributed by atoms with van der Waals surface area (Å²) in [7, 11) is -2.64. The van der Waals surface area contributed by atoms with Gasteiger partial charge in [-0.15, -0.1) is 0 Å². The summed E-state index contributed by atoms with van der Waals surface area (Å²) in [5.41, 5.74) is 2.47. The first-order valence-electron chi connectivity index (χ1n) is 9.29. The maximum atomic E-state index is 13.7. The van der Waals surface area contributed by atoms with Gasteiger partial charge in [-0.1, -0.05) is 5.16 Å². The lowest BCUT2D eigenvalue weighted by atomic mass is 10.2. The van der Waals surface area contributed by atoms with Gasteiger partial charge in [0.2, 0.25) is 0 Å². The van der Waals surface area contributed by atoms with E-state index in [9.17, 15) is 14.0 Å². The van der Waals surface area contributed by atoms with Gasteiger partial charge in [-0.2, -0.15) is 9.34 Å². The molecule has 3 aromatic rings. The molecule has 2 aromatic heterocycles. The molecule has 0 spiro atoms. The smallest absolute Gasteiger partial charge is 0.304 e. The third-order valence-electron chi connectivity index (χ3n) is 5.77. The molecule has 0 radical (unpaired) electrons. The number of nitrogens with zero attached hydrogens (tertiary/aromatic N) is 4. The van der Waals surface area contributed by atoms with Crippen LogP contribution in [0.1, 0.15) is 32.2 Å². The topological polar surface area (TPSA) is 71.6 Å². The van der Waals surface area contributed by atoms with Crippen LogP contribution in [0.15, 0.2) is 47.2 Å². The predicted molar refractivity (Wildman–Crippen MR) is 105 cm³/mol. The number of hydrogen-bond donors (Lipinski definition) is 0. The number of hydrogen-bond acceptors (Lipinski definition) is 4. The van der Waals surface area contributed by atoms with Crippen LogP contribution < -0.4 is 5.30 Å². The lowest BCUT2D eigenvalue weighted by Crippen LogP contribution is -2.44. The van der Waals surface area contributed by atoms with Crippen LogP contribution in [-0.4, -0.2) is 44.0 Å². The number of aromatic nitrogens is 2. The van der Waals surface area contributed by atoms with Crippen LogP contribution in [-0.2, 0) is 6.29 Å². The lowest BCUT2D eigenvalue weighted by molar-refractivity contribution is 0.0854. The summed E-state index contributed by atoms with van der Waals surface area (Å²) >= 11 is 0. The zero-order valence-electron chi connectivity index (χ0n) is 16.0. The summed E-state index contributed by atoms with van der Waals surface area (Å²) < 4.78 is 24.3. The van der Waals surface area contributed by atoms with E-state index in [4.69, 9.17) is 4.52 Å². The monoisotopic (exact) mass is 413 g/mol. The van der Waals surface area contributed by atoms with Gasteiger partial charge >= 0.3 is 5.91 Å². The van der Waals surface area contributed by atoms with E-state index in [1.165, 1.54) is 18.4 Å². The molecule has 1 unspecified atom stereocenters. The SMILES string of the molecule is Cc1nocc1C(=O)N1CCN2C(=O)c3ccc(C)n3C[P+]12c1ccc(F)cc1. The summed E-state index contributed by atoms with van der Waals surface area (Å²) in [6.45, 7) is 4.50. The summed E-state index contributed by atoms with van der Waals surface area (Å²) in [6, 6.07) is 9.89. The highest BCUT2D eigenvalue weighted by Gasteiger charge is 2.64. The summed E-state index contributed by atoms with van der Waals surface area (Å²) in [6.07, 6.45) is 1.83. The molecular formula is C20H19FN4O3P+. The Bertz CT molecular complexity index is 1140. The Morgan fingerprint density at radius 3 is 2.59 bits per heavy atom. The molecule has 4 heterocycles. The van der Waals surface area contributed by atoms with Crippen molar-refractivity contribution < 1.29 is 18.5 Å². The van der Waals surface area contributed by atoms with E-state index in [1.54, 1.807) is 23.7 Å². The van der Waals surface area contributed by atoms with Crippen molar-refractivity contribution in [2.24, 2.45) is 0 Å². The van der Waals surface area contributed by atoms with E-state index in [1.807, 2.05) is 28.3 Å². The van der Waals surface area contributed by atoms with Crippen molar-refractivity contribution in [2.75, 3.05) is 13.1 Å². The van der Waals surface area contributed by atoms with Crippen molar-refractivity contribution in [2.45, 2.75) is 20.1 Å². The Morgan fingerprint density at radius 2 is 1.90 bits per heavy atom. The van der Waals surface area contributed by atoms with Crippen LogP contribution in [0.4, 0.5) is 4.39 Å². The third-order valence-corrected chi connectivity index (χ3v) is 9.93. The van der Waals surface area contributed by atoms with Crippen molar-refractivity contribution in [3.8, 4) is 0 Å². The summed E-state index contributed by atoms with van der Waals surface area (Å²) in [4.78, 5) is 26.9. The molecule has 1 atom stereocenters. The highest BCUT2D eigenvalue weighted by Crippen LogP contribution is 2.70. The minimum absolute atomic E-state index is 0.0978. The third kappa shape index (κ3) is 2.42. The molecule has 1 fully saturated rings. The van der Waals surface area contributed by atoms with Gasteiger partial charge in [-0.25, -0.2) is 4.39 Å². The Kier molecular flexibility index (Phi) is 3.90. The highest BCUT2D eigenvalue weighted by atomic mass is 31.2. The van der Waals surface area contributed by atoms with Crippen molar-refractivity contribution in [1.29, 1.82) is 0 Å². The minimum Gasteiger partial charge on any atom is -0.364 e. The van der Waals surface area contributed by atoms with E-state index >= 15 is 0 Å². The second kappa shape index (κ2) is 6.26. The largest absolute Gasteiger partial charge is 0.364 e. The fraction of sp³-hybridized carbons (Fsp3) is 0.250. The van der Waals surface area contributed by atoms with Crippen LogP contribution in [0.25, 0.3) is 0 Å². The number of carbonyl (C=O) groups excluding carboxylic acids is 2.